The van der Waals surface area contributed by atoms with E-state index in [1.54, 1.807) is 0 Å². The van der Waals surface area contributed by atoms with Gasteiger partial charge in [-0.15, -0.1) is 0 Å². The molecule has 4 nitrogen and oxygen atoms in total. The van der Waals surface area contributed by atoms with E-state index in [-0.39, 0.29) is 12.0 Å². The molecular formula is C74H60N4. The van der Waals surface area contributed by atoms with Crippen LogP contribution in [0.25, 0.3) is 44.5 Å². The molecular weight excluding hydrogens is 945 g/mol. The Balaban J connectivity index is 1.06. The molecule has 2 atom stereocenters. The van der Waals surface area contributed by atoms with Gasteiger partial charge in [0.2, 0.25) is 0 Å². The summed E-state index contributed by atoms with van der Waals surface area (Å²) in [4.78, 5) is 4.76. The van der Waals surface area contributed by atoms with Gasteiger partial charge in [-0.1, -0.05) is 174 Å². The Kier molecular flexibility index (Phi) is 12.6. The van der Waals surface area contributed by atoms with E-state index in [0.717, 1.165) is 73.0 Å². The molecule has 78 heavy (non-hydrogen) atoms. The SMILES string of the molecule is Cc1ccc(C)c(-c2ccc(N(C3=C4C=CC5=C6C(=CC=C(C=C3)C46)C(N(c3ccccc3C#N)c3ccc(-c4cc(C)ccc4C)cc3-c3cc(C)ccc3C)C=C5)c3ccccc3C#N)c(-c3cc(C)ccc3C)c2)c1. The number of hydrogen-bond donors (Lipinski definition) is 0. The number of rotatable bonds is 10. The lowest BCUT2D eigenvalue weighted by atomic mass is 9.67. The van der Waals surface area contributed by atoms with Gasteiger partial charge in [0.25, 0.3) is 0 Å². The fraction of sp³-hybridized carbons (Fsp3) is 0.135. The van der Waals surface area contributed by atoms with E-state index in [0.29, 0.717) is 11.1 Å². The summed E-state index contributed by atoms with van der Waals surface area (Å²) in [6.45, 7) is 17.4. The fourth-order valence-electron chi connectivity index (χ4n) is 12.3. The number of aryl methyl sites for hydroxylation is 8. The van der Waals surface area contributed by atoms with Crippen molar-refractivity contribution in [2.45, 2.75) is 61.4 Å². The lowest BCUT2D eigenvalue weighted by Gasteiger charge is -2.44. The second-order valence-corrected chi connectivity index (χ2v) is 21.6. The molecule has 0 amide bonds. The summed E-state index contributed by atoms with van der Waals surface area (Å²) in [6, 6.07) is 61.5. The molecule has 0 heterocycles. The van der Waals surface area contributed by atoms with Crippen molar-refractivity contribution in [1.82, 2.24) is 0 Å². The Morgan fingerprint density at radius 2 is 0.910 bits per heavy atom. The van der Waals surface area contributed by atoms with Gasteiger partial charge >= 0.3 is 0 Å². The first-order valence-corrected chi connectivity index (χ1v) is 27.0. The monoisotopic (exact) mass is 1000 g/mol. The smallest absolute Gasteiger partial charge is 0.101 e. The van der Waals surface area contributed by atoms with Crippen LogP contribution in [0.3, 0.4) is 0 Å². The molecule has 0 radical (unpaired) electrons. The zero-order valence-corrected chi connectivity index (χ0v) is 45.6. The molecule has 0 N–H and O–H groups in total. The maximum Gasteiger partial charge on any atom is 0.101 e. The van der Waals surface area contributed by atoms with Crippen LogP contribution in [0.2, 0.25) is 0 Å². The van der Waals surface area contributed by atoms with Gasteiger partial charge in [-0.05, 0) is 193 Å². The molecule has 0 aliphatic heterocycles. The molecule has 8 aromatic carbocycles. The van der Waals surface area contributed by atoms with Crippen molar-refractivity contribution in [3.8, 4) is 56.6 Å². The summed E-state index contributed by atoms with van der Waals surface area (Å²) in [5.41, 5.74) is 30.6. The minimum Gasteiger partial charge on any atom is -0.329 e. The van der Waals surface area contributed by atoms with E-state index in [1.807, 2.05) is 36.4 Å². The van der Waals surface area contributed by atoms with E-state index in [1.165, 1.54) is 72.4 Å². The van der Waals surface area contributed by atoms with Crippen LogP contribution in [-0.2, 0) is 0 Å². The molecule has 2 unspecified atom stereocenters. The summed E-state index contributed by atoms with van der Waals surface area (Å²) < 4.78 is 0. The van der Waals surface area contributed by atoms with Crippen molar-refractivity contribution in [1.29, 1.82) is 10.5 Å². The van der Waals surface area contributed by atoms with Gasteiger partial charge < -0.3 is 9.80 Å². The second kappa shape index (κ2) is 19.9. The van der Waals surface area contributed by atoms with Crippen molar-refractivity contribution < 1.29 is 0 Å². The van der Waals surface area contributed by atoms with Crippen molar-refractivity contribution in [3.05, 3.63) is 296 Å². The van der Waals surface area contributed by atoms with Crippen LogP contribution < -0.4 is 9.80 Å². The van der Waals surface area contributed by atoms with Crippen LogP contribution in [0, 0.1) is 84.0 Å². The third kappa shape index (κ3) is 8.57. The molecule has 0 saturated heterocycles. The number of nitrogens with zero attached hydrogens (tertiary/aromatic N) is 4. The van der Waals surface area contributed by atoms with Crippen molar-refractivity contribution in [2.24, 2.45) is 5.92 Å². The molecule has 0 saturated carbocycles. The van der Waals surface area contributed by atoms with Crippen LogP contribution in [0.4, 0.5) is 22.7 Å². The quantitative estimate of drug-likeness (QED) is 0.137. The first kappa shape index (κ1) is 49.4. The Hall–Kier alpha value is -9.48. The molecule has 0 aromatic heterocycles. The van der Waals surface area contributed by atoms with E-state index >= 15 is 0 Å². The van der Waals surface area contributed by atoms with Crippen LogP contribution in [-0.4, -0.2) is 6.04 Å². The van der Waals surface area contributed by atoms with Crippen LogP contribution in [0.15, 0.2) is 240 Å². The third-order valence-electron chi connectivity index (χ3n) is 16.3. The zero-order valence-electron chi connectivity index (χ0n) is 45.6. The van der Waals surface area contributed by atoms with Crippen LogP contribution in [0.1, 0.15) is 55.6 Å². The minimum absolute atomic E-state index is 0.120. The number of allylic oxidation sites excluding steroid dienone is 10. The van der Waals surface area contributed by atoms with Gasteiger partial charge in [0.1, 0.15) is 12.1 Å². The Morgan fingerprint density at radius 3 is 1.49 bits per heavy atom. The topological polar surface area (TPSA) is 54.1 Å². The molecule has 4 aliphatic carbocycles. The van der Waals surface area contributed by atoms with Crippen molar-refractivity contribution >= 4 is 22.7 Å². The first-order valence-electron chi connectivity index (χ1n) is 27.0. The summed E-state index contributed by atoms with van der Waals surface area (Å²) in [5.74, 6) is -0.120. The Bertz CT molecular complexity index is 4170. The predicted molar refractivity (Wildman–Crippen MR) is 324 cm³/mol. The maximum absolute atomic E-state index is 10.9. The van der Waals surface area contributed by atoms with Gasteiger partial charge in [-0.2, -0.15) is 10.5 Å². The van der Waals surface area contributed by atoms with Crippen molar-refractivity contribution in [3.63, 3.8) is 0 Å². The van der Waals surface area contributed by atoms with Gasteiger partial charge in [0.05, 0.1) is 39.9 Å². The van der Waals surface area contributed by atoms with Gasteiger partial charge in [0.15, 0.2) is 0 Å². The highest BCUT2D eigenvalue weighted by Crippen LogP contribution is 2.54. The molecule has 0 spiro atoms. The summed E-state index contributed by atoms with van der Waals surface area (Å²) in [6.07, 6.45) is 18.4. The standard InChI is InChI=1S/C74H60N4/c1-45-17-21-49(5)61(37-45)55-29-35-71(65(41-55)63-39-47(3)19-23-51(63)7)77(67-15-11-9-13-57(67)43-75)69-33-27-53-26-32-60-70(34-28-54-25-31-59(69)73(53)74(54)60)78(68-16-12-10-14-58(68)44-76)72-36-30-56(62-38-46(2)18-22-50(62)6)42-66(72)64-40-48(4)20-24-52(64)8/h9-42,69,74H,1-8H3. The summed E-state index contributed by atoms with van der Waals surface area (Å²) in [5, 5.41) is 21.9. The molecule has 376 valence electrons. The molecule has 4 heteroatoms. The van der Waals surface area contributed by atoms with Crippen LogP contribution >= 0.6 is 0 Å². The predicted octanol–water partition coefficient (Wildman–Crippen LogP) is 18.7. The average Bonchev–Trinajstić information content (AvgIpc) is 3.62. The highest BCUT2D eigenvalue weighted by atomic mass is 15.2. The van der Waals surface area contributed by atoms with Gasteiger partial charge in [-0.3, -0.25) is 0 Å². The van der Waals surface area contributed by atoms with E-state index in [9.17, 15) is 10.5 Å². The molecule has 4 aliphatic rings. The second-order valence-electron chi connectivity index (χ2n) is 21.6. The molecule has 12 rings (SSSR count). The summed E-state index contributed by atoms with van der Waals surface area (Å²) >= 11 is 0. The molecule has 0 fully saturated rings. The van der Waals surface area contributed by atoms with E-state index in [4.69, 9.17) is 0 Å². The largest absolute Gasteiger partial charge is 0.329 e. The van der Waals surface area contributed by atoms with Gasteiger partial charge in [0, 0.05) is 22.7 Å². The first-order chi connectivity index (χ1) is 37.9. The van der Waals surface area contributed by atoms with Gasteiger partial charge in [-0.25, -0.2) is 0 Å². The number of para-hydroxylation sites is 2. The van der Waals surface area contributed by atoms with E-state index in [2.05, 4.69) is 247 Å². The molecule has 0 bridgehead atoms. The third-order valence-corrected chi connectivity index (χ3v) is 16.3. The summed E-state index contributed by atoms with van der Waals surface area (Å²) in [7, 11) is 0. The van der Waals surface area contributed by atoms with E-state index < -0.39 is 0 Å². The van der Waals surface area contributed by atoms with Crippen LogP contribution in [0.5, 0.6) is 0 Å². The van der Waals surface area contributed by atoms with Crippen molar-refractivity contribution in [2.75, 3.05) is 9.80 Å². The number of hydrogen-bond acceptors (Lipinski definition) is 4. The maximum atomic E-state index is 10.9. The lowest BCUT2D eigenvalue weighted by Crippen LogP contribution is -2.38. The lowest BCUT2D eigenvalue weighted by molar-refractivity contribution is 0.773. The Labute approximate surface area is 460 Å². The minimum atomic E-state index is -0.294. The molecule has 8 aromatic rings. The Morgan fingerprint density at radius 1 is 0.410 bits per heavy atom. The average molecular weight is 1010 g/mol. The number of nitriles is 2. The zero-order chi connectivity index (χ0) is 53.9. The highest BCUT2D eigenvalue weighted by molar-refractivity contribution is 5.94. The normalized spacial score (nSPS) is 15.8. The number of anilines is 4. The fourth-order valence-corrected chi connectivity index (χ4v) is 12.3. The highest BCUT2D eigenvalue weighted by Gasteiger charge is 2.41. The number of benzene rings is 8.